The Hall–Kier alpha value is -4.94. The van der Waals surface area contributed by atoms with E-state index in [1.54, 1.807) is 37.2 Å². The summed E-state index contributed by atoms with van der Waals surface area (Å²) in [5.41, 5.74) is 3.57. The quantitative estimate of drug-likeness (QED) is 0.110. The molecule has 0 spiro atoms. The number of methoxy groups -OCH3 is 2. The summed E-state index contributed by atoms with van der Waals surface area (Å²) in [4.78, 5) is 18.4. The Labute approximate surface area is 294 Å². The summed E-state index contributed by atoms with van der Waals surface area (Å²) in [7, 11) is 7.40. The third kappa shape index (κ3) is 9.39. The molecule has 0 aliphatic heterocycles. The molecule has 0 bridgehead atoms. The Kier molecular flexibility index (Phi) is 12.1. The van der Waals surface area contributed by atoms with Crippen LogP contribution in [0.4, 0.5) is 5.82 Å². The first-order chi connectivity index (χ1) is 24.1. The second-order valence-corrected chi connectivity index (χ2v) is 13.4. The number of imidazole rings is 1. The van der Waals surface area contributed by atoms with Gasteiger partial charge in [-0.3, -0.25) is 0 Å². The predicted octanol–water partition coefficient (Wildman–Crippen LogP) is 5.97. The lowest BCUT2D eigenvalue weighted by atomic mass is 9.94. The molecule has 5 aromatic rings. The summed E-state index contributed by atoms with van der Waals surface area (Å²) in [6, 6.07) is 19.7. The minimum Gasteiger partial charge on any atom is -0.497 e. The molecule has 266 valence electrons. The third-order valence-electron chi connectivity index (χ3n) is 8.16. The minimum atomic E-state index is -1.07. The SMILES string of the molecule is CCCCOc1nc(N(Cc2ccc(OC)cc2)Cc2ccc(OC)cc2)c2ncc(C(O)c3ccc(OCC(C)(C)CN(C)C)nc3)n2n1. The van der Waals surface area contributed by atoms with E-state index in [9.17, 15) is 5.11 Å². The van der Waals surface area contributed by atoms with Crippen LogP contribution in [-0.4, -0.2) is 82.6 Å². The maximum atomic E-state index is 11.6. The van der Waals surface area contributed by atoms with E-state index in [-0.39, 0.29) is 11.4 Å². The summed E-state index contributed by atoms with van der Waals surface area (Å²) in [5, 5.41) is 16.4. The van der Waals surface area contributed by atoms with E-state index in [1.165, 1.54) is 0 Å². The molecule has 3 heterocycles. The van der Waals surface area contributed by atoms with E-state index in [0.717, 1.165) is 42.0 Å². The van der Waals surface area contributed by atoms with Crippen LogP contribution >= 0.6 is 0 Å². The zero-order chi connectivity index (χ0) is 35.7. The largest absolute Gasteiger partial charge is 0.497 e. The fourth-order valence-corrected chi connectivity index (χ4v) is 5.72. The lowest BCUT2D eigenvalue weighted by Gasteiger charge is -2.27. The topological polar surface area (TPSA) is 120 Å². The van der Waals surface area contributed by atoms with Crippen LogP contribution in [-0.2, 0) is 13.1 Å². The van der Waals surface area contributed by atoms with Crippen molar-refractivity contribution in [3.05, 3.63) is 95.4 Å². The van der Waals surface area contributed by atoms with Gasteiger partial charge in [0.05, 0.1) is 39.3 Å². The zero-order valence-electron chi connectivity index (χ0n) is 30.2. The average molecular weight is 684 g/mol. The molecule has 50 heavy (non-hydrogen) atoms. The van der Waals surface area contributed by atoms with Crippen molar-refractivity contribution in [2.75, 3.05) is 53.0 Å². The van der Waals surface area contributed by atoms with Crippen molar-refractivity contribution < 1.29 is 24.1 Å². The molecular weight excluding hydrogens is 634 g/mol. The Bertz CT molecular complexity index is 1740. The molecule has 0 aliphatic rings. The monoisotopic (exact) mass is 683 g/mol. The maximum Gasteiger partial charge on any atom is 0.336 e. The molecule has 0 aliphatic carbocycles. The minimum absolute atomic E-state index is 0.0527. The molecule has 5 rings (SSSR count). The third-order valence-corrected chi connectivity index (χ3v) is 8.16. The normalized spacial score (nSPS) is 12.3. The lowest BCUT2D eigenvalue weighted by Crippen LogP contribution is -2.33. The number of ether oxygens (including phenoxy) is 4. The van der Waals surface area contributed by atoms with E-state index < -0.39 is 6.10 Å². The van der Waals surface area contributed by atoms with Crippen molar-refractivity contribution in [1.82, 2.24) is 29.5 Å². The van der Waals surface area contributed by atoms with Gasteiger partial charge in [-0.05, 0) is 62.0 Å². The second-order valence-electron chi connectivity index (χ2n) is 13.4. The number of rotatable bonds is 18. The first kappa shape index (κ1) is 36.3. The van der Waals surface area contributed by atoms with Crippen LogP contribution in [0.1, 0.15) is 62.1 Å². The van der Waals surface area contributed by atoms with Crippen molar-refractivity contribution in [3.8, 4) is 23.4 Å². The number of aliphatic hydroxyl groups excluding tert-OH is 1. The van der Waals surface area contributed by atoms with Crippen molar-refractivity contribution in [2.45, 2.75) is 52.8 Å². The molecule has 1 unspecified atom stereocenters. The number of aromatic nitrogens is 5. The highest BCUT2D eigenvalue weighted by molar-refractivity contribution is 5.65. The number of pyridine rings is 1. The van der Waals surface area contributed by atoms with Gasteiger partial charge < -0.3 is 33.9 Å². The number of anilines is 1. The standard InChI is InChI=1S/C38H49N7O5/c1-8-9-20-49-37-41-36(44(23-27-10-15-30(47-6)16-11-27)24-28-12-17-31(48-7)18-13-28)35-40-22-32(45(35)42-37)34(46)29-14-19-33(39-21-29)50-26-38(2,3)25-43(4)5/h10-19,21-22,34,46H,8-9,20,23-26H2,1-7H3. The van der Waals surface area contributed by atoms with Gasteiger partial charge in [0.2, 0.25) is 5.88 Å². The molecule has 0 radical (unpaired) electrons. The summed E-state index contributed by atoms with van der Waals surface area (Å²) in [6.45, 7) is 9.28. The summed E-state index contributed by atoms with van der Waals surface area (Å²) >= 11 is 0. The van der Waals surface area contributed by atoms with Crippen LogP contribution in [0.3, 0.4) is 0 Å². The summed E-state index contributed by atoms with van der Waals surface area (Å²) in [6.07, 6.45) is 3.99. The number of hydrogen-bond donors (Lipinski definition) is 1. The average Bonchev–Trinajstić information content (AvgIpc) is 3.54. The fraction of sp³-hybridized carbons (Fsp3) is 0.421. The van der Waals surface area contributed by atoms with E-state index in [0.29, 0.717) is 54.9 Å². The van der Waals surface area contributed by atoms with Crippen LogP contribution in [0, 0.1) is 5.41 Å². The fourth-order valence-electron chi connectivity index (χ4n) is 5.72. The molecular formula is C38H49N7O5. The van der Waals surface area contributed by atoms with E-state index in [4.69, 9.17) is 34.0 Å². The summed E-state index contributed by atoms with van der Waals surface area (Å²) in [5.74, 6) is 2.62. The van der Waals surface area contributed by atoms with E-state index in [2.05, 4.69) is 35.6 Å². The lowest BCUT2D eigenvalue weighted by molar-refractivity contribution is 0.137. The van der Waals surface area contributed by atoms with Crippen molar-refractivity contribution in [1.29, 1.82) is 0 Å². The highest BCUT2D eigenvalue weighted by Gasteiger charge is 2.25. The van der Waals surface area contributed by atoms with Crippen LogP contribution in [0.5, 0.6) is 23.4 Å². The Morgan fingerprint density at radius 2 is 1.48 bits per heavy atom. The number of nitrogens with zero attached hydrogens (tertiary/aromatic N) is 7. The molecule has 0 amide bonds. The van der Waals surface area contributed by atoms with Crippen LogP contribution in [0.15, 0.2) is 73.1 Å². The molecule has 12 nitrogen and oxygen atoms in total. The predicted molar refractivity (Wildman–Crippen MR) is 193 cm³/mol. The molecule has 1 N–H and O–H groups in total. The van der Waals surface area contributed by atoms with Gasteiger partial charge in [-0.2, -0.15) is 4.98 Å². The van der Waals surface area contributed by atoms with Crippen LogP contribution in [0.2, 0.25) is 0 Å². The number of benzene rings is 2. The van der Waals surface area contributed by atoms with Crippen molar-refractivity contribution in [3.63, 3.8) is 0 Å². The Balaban J connectivity index is 1.50. The number of aliphatic hydroxyl groups is 1. The first-order valence-electron chi connectivity index (χ1n) is 16.9. The molecule has 1 atom stereocenters. The van der Waals surface area contributed by atoms with Gasteiger partial charge in [0.1, 0.15) is 17.6 Å². The van der Waals surface area contributed by atoms with Gasteiger partial charge in [0.25, 0.3) is 0 Å². The molecule has 2 aromatic carbocycles. The van der Waals surface area contributed by atoms with Gasteiger partial charge in [-0.15, -0.1) is 5.10 Å². The van der Waals surface area contributed by atoms with Crippen molar-refractivity contribution >= 4 is 11.5 Å². The number of hydrogen-bond acceptors (Lipinski definition) is 11. The highest BCUT2D eigenvalue weighted by atomic mass is 16.5. The van der Waals surface area contributed by atoms with Crippen LogP contribution < -0.4 is 23.8 Å². The van der Waals surface area contributed by atoms with Crippen LogP contribution in [0.25, 0.3) is 5.65 Å². The van der Waals surface area contributed by atoms with E-state index in [1.807, 2.05) is 68.7 Å². The second kappa shape index (κ2) is 16.6. The van der Waals surface area contributed by atoms with E-state index >= 15 is 0 Å². The smallest absolute Gasteiger partial charge is 0.336 e. The van der Waals surface area contributed by atoms with Gasteiger partial charge in [0, 0.05) is 42.9 Å². The maximum absolute atomic E-state index is 11.6. The number of fused-ring (bicyclic) bond motifs is 1. The van der Waals surface area contributed by atoms with Crippen molar-refractivity contribution in [2.24, 2.45) is 5.41 Å². The number of unbranched alkanes of at least 4 members (excludes halogenated alkanes) is 1. The molecule has 0 saturated carbocycles. The highest BCUT2D eigenvalue weighted by Crippen LogP contribution is 2.30. The van der Waals surface area contributed by atoms with Gasteiger partial charge in [0.15, 0.2) is 11.5 Å². The molecule has 0 saturated heterocycles. The Morgan fingerprint density at radius 3 is 2.02 bits per heavy atom. The van der Waals surface area contributed by atoms with Gasteiger partial charge in [-0.1, -0.05) is 51.5 Å². The van der Waals surface area contributed by atoms with Gasteiger partial charge >= 0.3 is 6.01 Å². The first-order valence-corrected chi connectivity index (χ1v) is 16.9. The summed E-state index contributed by atoms with van der Waals surface area (Å²) < 4.78 is 24.5. The zero-order valence-corrected chi connectivity index (χ0v) is 30.2. The molecule has 3 aromatic heterocycles. The van der Waals surface area contributed by atoms with Gasteiger partial charge in [-0.25, -0.2) is 14.5 Å². The Morgan fingerprint density at radius 1 is 0.840 bits per heavy atom. The molecule has 0 fully saturated rings. The molecule has 12 heteroatoms.